The Bertz CT molecular complexity index is 869. The molecule has 0 aliphatic heterocycles. The standard InChI is InChI=1S/C17H17BrN6OS/c1-2-8-19-16(25)15-14(11-26-17-20-9-3-10-21-17)24(23-22-15)13-6-4-12(18)5-7-13/h3-7,9-10H,2,8,11H2,1H3,(H,19,25). The van der Waals surface area contributed by atoms with Crippen LogP contribution in [-0.2, 0) is 5.75 Å². The molecule has 3 aromatic rings. The molecule has 3 rings (SSSR count). The second kappa shape index (κ2) is 8.91. The summed E-state index contributed by atoms with van der Waals surface area (Å²) >= 11 is 4.86. The molecule has 0 unspecified atom stereocenters. The molecule has 2 aromatic heterocycles. The van der Waals surface area contributed by atoms with E-state index >= 15 is 0 Å². The van der Waals surface area contributed by atoms with Gasteiger partial charge in [0.15, 0.2) is 10.9 Å². The molecule has 0 spiro atoms. The number of hydrogen-bond donors (Lipinski definition) is 1. The summed E-state index contributed by atoms with van der Waals surface area (Å²) in [7, 11) is 0. The first kappa shape index (κ1) is 18.5. The molecule has 0 atom stereocenters. The highest BCUT2D eigenvalue weighted by Gasteiger charge is 2.21. The van der Waals surface area contributed by atoms with Crippen molar-refractivity contribution in [2.24, 2.45) is 0 Å². The molecule has 7 nitrogen and oxygen atoms in total. The Morgan fingerprint density at radius 2 is 1.96 bits per heavy atom. The second-order valence-corrected chi connectivity index (χ2v) is 7.21. The Balaban J connectivity index is 1.92. The van der Waals surface area contributed by atoms with E-state index in [1.165, 1.54) is 11.8 Å². The number of amides is 1. The number of rotatable bonds is 7. The van der Waals surface area contributed by atoms with E-state index in [1.807, 2.05) is 31.2 Å². The molecule has 1 N–H and O–H groups in total. The van der Waals surface area contributed by atoms with Crippen molar-refractivity contribution in [3.05, 3.63) is 58.6 Å². The van der Waals surface area contributed by atoms with Crippen molar-refractivity contribution in [1.29, 1.82) is 0 Å². The van der Waals surface area contributed by atoms with Crippen molar-refractivity contribution in [3.63, 3.8) is 0 Å². The van der Waals surface area contributed by atoms with Crippen LogP contribution in [0.15, 0.2) is 52.4 Å². The summed E-state index contributed by atoms with van der Waals surface area (Å²) in [4.78, 5) is 20.9. The van der Waals surface area contributed by atoms with E-state index < -0.39 is 0 Å². The third kappa shape index (κ3) is 4.47. The summed E-state index contributed by atoms with van der Waals surface area (Å²) in [6.45, 7) is 2.60. The zero-order chi connectivity index (χ0) is 18.4. The van der Waals surface area contributed by atoms with Gasteiger partial charge >= 0.3 is 0 Å². The second-order valence-electron chi connectivity index (χ2n) is 5.35. The lowest BCUT2D eigenvalue weighted by Crippen LogP contribution is -2.25. The Kier molecular flexibility index (Phi) is 6.35. The minimum Gasteiger partial charge on any atom is -0.351 e. The SMILES string of the molecule is CCCNC(=O)c1nnn(-c2ccc(Br)cc2)c1CSc1ncccn1. The van der Waals surface area contributed by atoms with Gasteiger partial charge < -0.3 is 5.32 Å². The first-order valence-electron chi connectivity index (χ1n) is 8.07. The topological polar surface area (TPSA) is 85.6 Å². The smallest absolute Gasteiger partial charge is 0.273 e. The molecular weight excluding hydrogens is 416 g/mol. The highest BCUT2D eigenvalue weighted by atomic mass is 79.9. The van der Waals surface area contributed by atoms with Crippen LogP contribution in [0.1, 0.15) is 29.5 Å². The monoisotopic (exact) mass is 432 g/mol. The van der Waals surface area contributed by atoms with Gasteiger partial charge in [-0.25, -0.2) is 14.6 Å². The molecule has 0 aliphatic carbocycles. The Morgan fingerprint density at radius 1 is 1.23 bits per heavy atom. The minimum atomic E-state index is -0.222. The van der Waals surface area contributed by atoms with Gasteiger partial charge in [0.2, 0.25) is 0 Å². The van der Waals surface area contributed by atoms with E-state index in [0.29, 0.717) is 28.8 Å². The molecular formula is C17H17BrN6OS. The first-order valence-corrected chi connectivity index (χ1v) is 9.85. The van der Waals surface area contributed by atoms with E-state index in [4.69, 9.17) is 0 Å². The fraction of sp³-hybridized carbons (Fsp3) is 0.235. The number of nitrogens with zero attached hydrogens (tertiary/aromatic N) is 5. The number of aromatic nitrogens is 5. The van der Waals surface area contributed by atoms with Crippen LogP contribution in [0.3, 0.4) is 0 Å². The Hall–Kier alpha value is -2.26. The molecule has 9 heteroatoms. The molecule has 0 saturated carbocycles. The molecule has 0 saturated heterocycles. The number of carbonyl (C=O) groups is 1. The van der Waals surface area contributed by atoms with Gasteiger partial charge in [-0.1, -0.05) is 39.8 Å². The first-order chi connectivity index (χ1) is 12.7. The van der Waals surface area contributed by atoms with Crippen LogP contribution in [0.2, 0.25) is 0 Å². The number of carbonyl (C=O) groups excluding carboxylic acids is 1. The number of halogens is 1. The predicted octanol–water partition coefficient (Wildman–Crippen LogP) is 3.25. The van der Waals surface area contributed by atoms with Crippen LogP contribution in [0, 0.1) is 0 Å². The molecule has 0 fully saturated rings. The maximum absolute atomic E-state index is 12.5. The predicted molar refractivity (Wildman–Crippen MR) is 103 cm³/mol. The van der Waals surface area contributed by atoms with Crippen LogP contribution in [0.5, 0.6) is 0 Å². The molecule has 26 heavy (non-hydrogen) atoms. The number of nitrogens with one attached hydrogen (secondary N) is 1. The third-order valence-electron chi connectivity index (χ3n) is 3.47. The van der Waals surface area contributed by atoms with E-state index in [-0.39, 0.29) is 5.91 Å². The summed E-state index contributed by atoms with van der Waals surface area (Å²) in [5, 5.41) is 11.8. The molecule has 0 bridgehead atoms. The van der Waals surface area contributed by atoms with Crippen LogP contribution >= 0.6 is 27.7 Å². The number of thioether (sulfide) groups is 1. The van der Waals surface area contributed by atoms with E-state index in [1.54, 1.807) is 23.1 Å². The lowest BCUT2D eigenvalue weighted by molar-refractivity contribution is 0.0948. The summed E-state index contributed by atoms with van der Waals surface area (Å²) < 4.78 is 2.65. The molecule has 1 aromatic carbocycles. The minimum absolute atomic E-state index is 0.222. The van der Waals surface area contributed by atoms with Gasteiger partial charge in [-0.05, 0) is 36.8 Å². The van der Waals surface area contributed by atoms with Gasteiger partial charge in [0.25, 0.3) is 5.91 Å². The van der Waals surface area contributed by atoms with Crippen molar-refractivity contribution in [2.75, 3.05) is 6.54 Å². The van der Waals surface area contributed by atoms with Crippen molar-refractivity contribution < 1.29 is 4.79 Å². The van der Waals surface area contributed by atoms with Gasteiger partial charge in [-0.15, -0.1) is 5.10 Å². The molecule has 134 valence electrons. The van der Waals surface area contributed by atoms with Gasteiger partial charge in [0.1, 0.15) is 0 Å². The fourth-order valence-electron chi connectivity index (χ4n) is 2.21. The average Bonchev–Trinajstić information content (AvgIpc) is 3.10. The summed E-state index contributed by atoms with van der Waals surface area (Å²) in [5.41, 5.74) is 1.86. The quantitative estimate of drug-likeness (QED) is 0.455. The van der Waals surface area contributed by atoms with E-state index in [0.717, 1.165) is 16.6 Å². The zero-order valence-electron chi connectivity index (χ0n) is 14.1. The molecule has 1 amide bonds. The van der Waals surface area contributed by atoms with Gasteiger partial charge in [0.05, 0.1) is 11.4 Å². The van der Waals surface area contributed by atoms with Crippen LogP contribution in [0.4, 0.5) is 0 Å². The normalized spacial score (nSPS) is 10.7. The lowest BCUT2D eigenvalue weighted by atomic mass is 10.3. The van der Waals surface area contributed by atoms with Crippen molar-refractivity contribution >= 4 is 33.6 Å². The molecule has 2 heterocycles. The number of benzene rings is 1. The van der Waals surface area contributed by atoms with Crippen molar-refractivity contribution in [2.45, 2.75) is 24.3 Å². The highest BCUT2D eigenvalue weighted by molar-refractivity contribution is 9.10. The summed E-state index contributed by atoms with van der Waals surface area (Å²) in [6, 6.07) is 9.44. The van der Waals surface area contributed by atoms with E-state index in [9.17, 15) is 4.79 Å². The maximum Gasteiger partial charge on any atom is 0.273 e. The van der Waals surface area contributed by atoms with Crippen molar-refractivity contribution in [1.82, 2.24) is 30.3 Å². The summed E-state index contributed by atoms with van der Waals surface area (Å²) in [5.74, 6) is 0.252. The highest BCUT2D eigenvalue weighted by Crippen LogP contribution is 2.23. The largest absolute Gasteiger partial charge is 0.351 e. The van der Waals surface area contributed by atoms with Crippen LogP contribution < -0.4 is 5.32 Å². The third-order valence-corrected chi connectivity index (χ3v) is 4.88. The zero-order valence-corrected chi connectivity index (χ0v) is 16.5. The van der Waals surface area contributed by atoms with Crippen LogP contribution in [-0.4, -0.2) is 37.4 Å². The van der Waals surface area contributed by atoms with Gasteiger partial charge in [0, 0.05) is 29.2 Å². The Labute approximate surface area is 163 Å². The summed E-state index contributed by atoms with van der Waals surface area (Å²) in [6.07, 6.45) is 4.23. The Morgan fingerprint density at radius 3 is 2.65 bits per heavy atom. The van der Waals surface area contributed by atoms with Crippen molar-refractivity contribution in [3.8, 4) is 5.69 Å². The van der Waals surface area contributed by atoms with Gasteiger partial charge in [-0.2, -0.15) is 0 Å². The van der Waals surface area contributed by atoms with Gasteiger partial charge in [-0.3, -0.25) is 4.79 Å². The maximum atomic E-state index is 12.5. The lowest BCUT2D eigenvalue weighted by Gasteiger charge is -2.08. The number of hydrogen-bond acceptors (Lipinski definition) is 6. The fourth-order valence-corrected chi connectivity index (χ4v) is 3.27. The average molecular weight is 433 g/mol. The van der Waals surface area contributed by atoms with E-state index in [2.05, 4.69) is 41.5 Å². The molecule has 0 aliphatic rings. The van der Waals surface area contributed by atoms with Crippen LogP contribution in [0.25, 0.3) is 5.69 Å². The molecule has 0 radical (unpaired) electrons.